The third kappa shape index (κ3) is 5.67. The van der Waals surface area contributed by atoms with Gasteiger partial charge in [0.25, 0.3) is 0 Å². The lowest BCUT2D eigenvalue weighted by atomic mass is 9.99. The van der Waals surface area contributed by atoms with Crippen LogP contribution in [-0.4, -0.2) is 11.8 Å². The van der Waals surface area contributed by atoms with Crippen LogP contribution in [0.1, 0.15) is 26.2 Å². The van der Waals surface area contributed by atoms with E-state index in [2.05, 4.69) is 10.6 Å². The zero-order chi connectivity index (χ0) is 18.2. The summed E-state index contributed by atoms with van der Waals surface area (Å²) in [6.45, 7) is 1.97. The Balaban J connectivity index is 2.07. The van der Waals surface area contributed by atoms with Gasteiger partial charge in [-0.25, -0.2) is 8.78 Å². The van der Waals surface area contributed by atoms with Crippen molar-refractivity contribution in [1.82, 2.24) is 0 Å². The molecule has 0 fully saturated rings. The third-order valence-electron chi connectivity index (χ3n) is 3.70. The van der Waals surface area contributed by atoms with Crippen molar-refractivity contribution in [2.75, 3.05) is 10.6 Å². The highest BCUT2D eigenvalue weighted by Crippen LogP contribution is 2.17. The van der Waals surface area contributed by atoms with E-state index in [0.29, 0.717) is 24.2 Å². The molecule has 0 bridgehead atoms. The van der Waals surface area contributed by atoms with Gasteiger partial charge in [0.1, 0.15) is 17.6 Å². The van der Waals surface area contributed by atoms with Gasteiger partial charge in [-0.3, -0.25) is 9.59 Å². The van der Waals surface area contributed by atoms with Crippen molar-refractivity contribution in [2.45, 2.75) is 26.2 Å². The van der Waals surface area contributed by atoms with E-state index in [1.54, 1.807) is 0 Å². The van der Waals surface area contributed by atoms with E-state index in [1.165, 1.54) is 48.5 Å². The predicted molar refractivity (Wildman–Crippen MR) is 93.1 cm³/mol. The van der Waals surface area contributed by atoms with Crippen molar-refractivity contribution < 1.29 is 18.4 Å². The zero-order valence-electron chi connectivity index (χ0n) is 13.9. The lowest BCUT2D eigenvalue weighted by Gasteiger charge is -2.16. The molecule has 0 atom stereocenters. The van der Waals surface area contributed by atoms with E-state index in [9.17, 15) is 18.4 Å². The van der Waals surface area contributed by atoms with E-state index in [0.717, 1.165) is 6.42 Å². The van der Waals surface area contributed by atoms with Gasteiger partial charge in [0, 0.05) is 11.4 Å². The van der Waals surface area contributed by atoms with Crippen LogP contribution >= 0.6 is 0 Å². The maximum atomic E-state index is 12.9. The van der Waals surface area contributed by atoms with Crippen molar-refractivity contribution in [1.29, 1.82) is 0 Å². The quantitative estimate of drug-likeness (QED) is 0.732. The molecule has 0 heterocycles. The first-order valence-electron chi connectivity index (χ1n) is 8.12. The van der Waals surface area contributed by atoms with Crippen LogP contribution in [0.15, 0.2) is 48.5 Å². The van der Waals surface area contributed by atoms with E-state index in [4.69, 9.17) is 0 Å². The molecular weight excluding hydrogens is 326 g/mol. The van der Waals surface area contributed by atoms with E-state index >= 15 is 0 Å². The summed E-state index contributed by atoms with van der Waals surface area (Å²) < 4.78 is 25.9. The van der Waals surface area contributed by atoms with Gasteiger partial charge in [-0.15, -0.1) is 0 Å². The van der Waals surface area contributed by atoms with Crippen LogP contribution in [0.3, 0.4) is 0 Å². The summed E-state index contributed by atoms with van der Waals surface area (Å²) >= 11 is 0. The first kappa shape index (κ1) is 18.6. The number of nitrogens with one attached hydrogen (secondary N) is 2. The highest BCUT2D eigenvalue weighted by Gasteiger charge is 2.26. The first-order valence-corrected chi connectivity index (χ1v) is 8.12. The molecule has 4 nitrogen and oxygen atoms in total. The minimum absolute atomic E-state index is 0.385. The number of unbranched alkanes of at least 4 members (excludes halogenated alkanes) is 1. The molecule has 132 valence electrons. The van der Waals surface area contributed by atoms with Crippen molar-refractivity contribution in [3.8, 4) is 0 Å². The zero-order valence-corrected chi connectivity index (χ0v) is 13.9. The molecule has 25 heavy (non-hydrogen) atoms. The van der Waals surface area contributed by atoms with Crippen molar-refractivity contribution in [3.05, 3.63) is 60.2 Å². The lowest BCUT2D eigenvalue weighted by molar-refractivity contribution is -0.129. The summed E-state index contributed by atoms with van der Waals surface area (Å²) in [6.07, 6.45) is 1.93. The van der Waals surface area contributed by atoms with Crippen LogP contribution in [0, 0.1) is 17.6 Å². The van der Waals surface area contributed by atoms with Crippen LogP contribution < -0.4 is 10.6 Å². The molecule has 2 amide bonds. The molecule has 0 radical (unpaired) electrons. The van der Waals surface area contributed by atoms with Crippen LogP contribution in [-0.2, 0) is 9.59 Å². The molecule has 0 unspecified atom stereocenters. The Labute approximate surface area is 145 Å². The number of amides is 2. The largest absolute Gasteiger partial charge is 0.325 e. The number of rotatable bonds is 7. The fourth-order valence-electron chi connectivity index (χ4n) is 2.31. The number of carbonyl (C=O) groups is 2. The fraction of sp³-hybridized carbons (Fsp3) is 0.263. The summed E-state index contributed by atoms with van der Waals surface area (Å²) in [5, 5.41) is 5.25. The molecule has 2 N–H and O–H groups in total. The van der Waals surface area contributed by atoms with E-state index < -0.39 is 29.4 Å². The number of halogens is 2. The number of benzene rings is 2. The number of hydrogen-bond donors (Lipinski definition) is 2. The lowest BCUT2D eigenvalue weighted by Crippen LogP contribution is -2.34. The number of hydrogen-bond acceptors (Lipinski definition) is 2. The fourth-order valence-corrected chi connectivity index (χ4v) is 2.31. The van der Waals surface area contributed by atoms with Gasteiger partial charge in [0.15, 0.2) is 0 Å². The Morgan fingerprint density at radius 2 is 1.24 bits per heavy atom. The highest BCUT2D eigenvalue weighted by molar-refractivity contribution is 6.10. The smallest absolute Gasteiger partial charge is 0.236 e. The molecule has 0 spiro atoms. The molecule has 0 aromatic heterocycles. The van der Waals surface area contributed by atoms with E-state index in [-0.39, 0.29) is 0 Å². The third-order valence-corrected chi connectivity index (χ3v) is 3.70. The van der Waals surface area contributed by atoms with Gasteiger partial charge in [0.05, 0.1) is 0 Å². The van der Waals surface area contributed by atoms with Crippen LogP contribution in [0.2, 0.25) is 0 Å². The minimum atomic E-state index is -0.893. The molecule has 0 saturated heterocycles. The summed E-state index contributed by atoms with van der Waals surface area (Å²) in [5.74, 6) is -2.63. The molecule has 0 aliphatic rings. The Kier molecular flexibility index (Phi) is 6.62. The molecule has 0 aliphatic heterocycles. The number of carbonyl (C=O) groups excluding carboxylic acids is 2. The monoisotopic (exact) mass is 346 g/mol. The Morgan fingerprint density at radius 3 is 1.60 bits per heavy atom. The topological polar surface area (TPSA) is 58.2 Å². The van der Waals surface area contributed by atoms with Gasteiger partial charge >= 0.3 is 0 Å². The van der Waals surface area contributed by atoms with Gasteiger partial charge in [-0.2, -0.15) is 0 Å². The second-order valence-corrected chi connectivity index (χ2v) is 5.69. The Bertz CT molecular complexity index is 656. The van der Waals surface area contributed by atoms with Crippen molar-refractivity contribution in [2.24, 2.45) is 5.92 Å². The van der Waals surface area contributed by atoms with Gasteiger partial charge in [-0.05, 0) is 55.0 Å². The standard InChI is InChI=1S/C19H20F2N2O2/c1-2-3-4-17(18(24)22-15-9-5-13(20)6-10-15)19(25)23-16-11-7-14(21)8-12-16/h5-12,17H,2-4H2,1H3,(H,22,24)(H,23,25). The second-order valence-electron chi connectivity index (χ2n) is 5.69. The van der Waals surface area contributed by atoms with Crippen molar-refractivity contribution >= 4 is 23.2 Å². The molecule has 0 saturated carbocycles. The molecule has 0 aliphatic carbocycles. The SMILES string of the molecule is CCCCC(C(=O)Nc1ccc(F)cc1)C(=O)Nc1ccc(F)cc1. The maximum Gasteiger partial charge on any atom is 0.236 e. The molecular formula is C19H20F2N2O2. The number of anilines is 2. The molecule has 2 aromatic rings. The average molecular weight is 346 g/mol. The van der Waals surface area contributed by atoms with Gasteiger partial charge < -0.3 is 10.6 Å². The second kappa shape index (κ2) is 8.92. The predicted octanol–water partition coefficient (Wildman–Crippen LogP) is 4.35. The van der Waals surface area contributed by atoms with Crippen LogP contribution in [0.25, 0.3) is 0 Å². The minimum Gasteiger partial charge on any atom is -0.325 e. The molecule has 2 rings (SSSR count). The molecule has 6 heteroatoms. The summed E-state index contributed by atoms with van der Waals surface area (Å²) in [7, 11) is 0. The van der Waals surface area contributed by atoms with Crippen LogP contribution in [0.5, 0.6) is 0 Å². The highest BCUT2D eigenvalue weighted by atomic mass is 19.1. The first-order chi connectivity index (χ1) is 12.0. The Morgan fingerprint density at radius 1 is 0.840 bits per heavy atom. The van der Waals surface area contributed by atoms with E-state index in [1.807, 2.05) is 6.92 Å². The van der Waals surface area contributed by atoms with Gasteiger partial charge in [-0.1, -0.05) is 19.8 Å². The maximum absolute atomic E-state index is 12.9. The van der Waals surface area contributed by atoms with Crippen molar-refractivity contribution in [3.63, 3.8) is 0 Å². The summed E-state index contributed by atoms with van der Waals surface area (Å²) in [6, 6.07) is 10.7. The van der Waals surface area contributed by atoms with Crippen LogP contribution in [0.4, 0.5) is 20.2 Å². The average Bonchev–Trinajstić information content (AvgIpc) is 2.59. The normalized spacial score (nSPS) is 10.6. The summed E-state index contributed by atoms with van der Waals surface area (Å²) in [4.78, 5) is 24.9. The summed E-state index contributed by atoms with van der Waals surface area (Å²) in [5.41, 5.74) is 0.838. The van der Waals surface area contributed by atoms with Gasteiger partial charge in [0.2, 0.25) is 11.8 Å². The Hall–Kier alpha value is -2.76. The molecule has 2 aromatic carbocycles.